The Morgan fingerprint density at radius 1 is 1.08 bits per heavy atom. The highest BCUT2D eigenvalue weighted by atomic mass is 35.5. The number of carbonyl (C=O) groups is 1. The maximum absolute atomic E-state index is 13.4. The van der Waals surface area contributed by atoms with Crippen molar-refractivity contribution in [3.05, 3.63) is 101 Å². The monoisotopic (exact) mass is 557 g/mol. The number of carbonyl (C=O) groups excluding carboxylic acids is 1. The van der Waals surface area contributed by atoms with Crippen LogP contribution in [0.2, 0.25) is 5.02 Å². The lowest BCUT2D eigenvalue weighted by molar-refractivity contribution is 0.0938. The number of hydrogen-bond acceptors (Lipinski definition) is 6. The summed E-state index contributed by atoms with van der Waals surface area (Å²) in [5.41, 5.74) is 4.12. The van der Waals surface area contributed by atoms with Crippen LogP contribution < -0.4 is 10.2 Å². The van der Waals surface area contributed by atoms with Gasteiger partial charge in [-0.25, -0.2) is 4.98 Å². The van der Waals surface area contributed by atoms with E-state index in [2.05, 4.69) is 44.0 Å². The molecule has 1 atom stereocenters. The zero-order valence-corrected chi connectivity index (χ0v) is 23.1. The fraction of sp³-hybridized carbons (Fsp3) is 0.233. The van der Waals surface area contributed by atoms with E-state index in [4.69, 9.17) is 21.3 Å². The van der Waals surface area contributed by atoms with Gasteiger partial charge in [-0.3, -0.25) is 9.78 Å². The highest BCUT2D eigenvalue weighted by Gasteiger charge is 2.24. The predicted octanol–water partition coefficient (Wildman–Crippen LogP) is 5.90. The average molecular weight is 558 g/mol. The van der Waals surface area contributed by atoms with E-state index in [1.165, 1.54) is 17.0 Å². The molecule has 0 bridgehead atoms. The van der Waals surface area contributed by atoms with Gasteiger partial charge in [-0.15, -0.1) is 11.3 Å². The molecule has 1 unspecified atom stereocenters. The van der Waals surface area contributed by atoms with Crippen molar-refractivity contribution < 1.29 is 9.53 Å². The van der Waals surface area contributed by atoms with E-state index >= 15 is 0 Å². The number of anilines is 1. The van der Waals surface area contributed by atoms with Gasteiger partial charge in [0.15, 0.2) is 0 Å². The molecular weight excluding hydrogens is 530 g/mol. The van der Waals surface area contributed by atoms with Crippen LogP contribution in [0.5, 0.6) is 0 Å². The zero-order chi connectivity index (χ0) is 26.8. The largest absolute Gasteiger partial charge is 0.378 e. The third-order valence-electron chi connectivity index (χ3n) is 7.02. The summed E-state index contributed by atoms with van der Waals surface area (Å²) >= 11 is 7.61. The van der Waals surface area contributed by atoms with Gasteiger partial charge in [-0.2, -0.15) is 0 Å². The van der Waals surface area contributed by atoms with Crippen LogP contribution in [-0.4, -0.2) is 46.7 Å². The first-order chi connectivity index (χ1) is 19.0. The molecule has 198 valence electrons. The third kappa shape index (κ3) is 5.54. The highest BCUT2D eigenvalue weighted by molar-refractivity contribution is 7.20. The molecule has 0 spiro atoms. The number of thiophene rings is 1. The molecule has 1 N–H and O–H groups in total. The summed E-state index contributed by atoms with van der Waals surface area (Å²) in [7, 11) is 1.99. The van der Waals surface area contributed by atoms with Gasteiger partial charge in [0, 0.05) is 53.9 Å². The Morgan fingerprint density at radius 2 is 1.90 bits per heavy atom. The number of morpholine rings is 1. The number of benzene rings is 2. The van der Waals surface area contributed by atoms with Crippen LogP contribution in [0.3, 0.4) is 0 Å². The van der Waals surface area contributed by atoms with Crippen LogP contribution >= 0.6 is 22.9 Å². The number of ether oxygens (including phenoxy) is 1. The van der Waals surface area contributed by atoms with Gasteiger partial charge in [0.1, 0.15) is 5.82 Å². The Balaban J connectivity index is 1.28. The smallest absolute Gasteiger partial charge is 0.261 e. The van der Waals surface area contributed by atoms with Crippen molar-refractivity contribution >= 4 is 44.6 Å². The Kier molecular flexibility index (Phi) is 7.32. The van der Waals surface area contributed by atoms with Gasteiger partial charge in [0.25, 0.3) is 5.91 Å². The van der Waals surface area contributed by atoms with Crippen LogP contribution in [0.25, 0.3) is 21.3 Å². The first-order valence-corrected chi connectivity index (χ1v) is 14.1. The SMILES string of the molecule is Cn1c(-c2ccc(N3CCOCC3)cc2)cnc1C(Cc1ccccn1)NC(=O)c1cc2cc(Cl)ccc2s1. The summed E-state index contributed by atoms with van der Waals surface area (Å²) < 4.78 is 8.56. The van der Waals surface area contributed by atoms with E-state index in [9.17, 15) is 4.79 Å². The number of aromatic nitrogens is 3. The molecule has 1 saturated heterocycles. The Morgan fingerprint density at radius 3 is 2.67 bits per heavy atom. The number of pyridine rings is 1. The second-order valence-corrected chi connectivity index (χ2v) is 11.1. The lowest BCUT2D eigenvalue weighted by Crippen LogP contribution is -2.36. The number of amides is 1. The summed E-state index contributed by atoms with van der Waals surface area (Å²) in [5.74, 6) is 0.623. The van der Waals surface area contributed by atoms with Crippen molar-refractivity contribution in [2.75, 3.05) is 31.2 Å². The Bertz CT molecular complexity index is 1590. The Labute approximate surface area is 236 Å². The van der Waals surface area contributed by atoms with Crippen LogP contribution in [-0.2, 0) is 18.2 Å². The lowest BCUT2D eigenvalue weighted by atomic mass is 10.1. The van der Waals surface area contributed by atoms with E-state index in [-0.39, 0.29) is 11.9 Å². The second kappa shape index (κ2) is 11.2. The molecule has 0 radical (unpaired) electrons. The van der Waals surface area contributed by atoms with Gasteiger partial charge in [-0.05, 0) is 59.5 Å². The molecule has 6 rings (SSSR count). The van der Waals surface area contributed by atoms with E-state index < -0.39 is 0 Å². The fourth-order valence-electron chi connectivity index (χ4n) is 4.97. The summed E-state index contributed by atoms with van der Waals surface area (Å²) in [4.78, 5) is 25.7. The van der Waals surface area contributed by atoms with Gasteiger partial charge in [0.2, 0.25) is 0 Å². The average Bonchev–Trinajstić information content (AvgIpc) is 3.57. The quantitative estimate of drug-likeness (QED) is 0.270. The molecule has 1 aliphatic rings. The zero-order valence-electron chi connectivity index (χ0n) is 21.5. The highest BCUT2D eigenvalue weighted by Crippen LogP contribution is 2.30. The van der Waals surface area contributed by atoms with Crippen molar-refractivity contribution in [1.29, 1.82) is 0 Å². The molecule has 1 fully saturated rings. The van der Waals surface area contributed by atoms with Crippen LogP contribution in [0.15, 0.2) is 79.1 Å². The summed E-state index contributed by atoms with van der Waals surface area (Å²) in [6.07, 6.45) is 4.16. The molecular formula is C30H28ClN5O2S. The topological polar surface area (TPSA) is 72.3 Å². The van der Waals surface area contributed by atoms with Gasteiger partial charge in [-0.1, -0.05) is 29.8 Å². The van der Waals surface area contributed by atoms with Crippen molar-refractivity contribution in [3.8, 4) is 11.3 Å². The van der Waals surface area contributed by atoms with Gasteiger partial charge >= 0.3 is 0 Å². The molecule has 4 heterocycles. The van der Waals surface area contributed by atoms with E-state index in [0.717, 1.165) is 59.2 Å². The molecule has 1 amide bonds. The van der Waals surface area contributed by atoms with Crippen LogP contribution in [0.1, 0.15) is 27.2 Å². The number of nitrogens with one attached hydrogen (secondary N) is 1. The normalized spacial score (nSPS) is 14.5. The van der Waals surface area contributed by atoms with E-state index in [1.807, 2.05) is 55.7 Å². The molecule has 3 aromatic heterocycles. The van der Waals surface area contributed by atoms with Crippen molar-refractivity contribution in [2.45, 2.75) is 12.5 Å². The van der Waals surface area contributed by atoms with Crippen LogP contribution in [0, 0.1) is 0 Å². The van der Waals surface area contributed by atoms with Crippen LogP contribution in [0.4, 0.5) is 5.69 Å². The van der Waals surface area contributed by atoms with Crippen molar-refractivity contribution in [3.63, 3.8) is 0 Å². The van der Waals surface area contributed by atoms with E-state index in [0.29, 0.717) is 16.3 Å². The predicted molar refractivity (Wildman–Crippen MR) is 157 cm³/mol. The first kappa shape index (κ1) is 25.6. The first-order valence-electron chi connectivity index (χ1n) is 12.9. The summed E-state index contributed by atoms with van der Waals surface area (Å²) in [6.45, 7) is 3.31. The second-order valence-electron chi connectivity index (χ2n) is 9.55. The maximum Gasteiger partial charge on any atom is 0.261 e. The molecule has 9 heteroatoms. The molecule has 0 aliphatic carbocycles. The number of hydrogen-bond donors (Lipinski definition) is 1. The standard InChI is InChI=1S/C30H28ClN5O2S/c1-35-26(20-5-8-24(9-6-20)36-12-14-38-15-13-36)19-33-29(35)25(18-23-4-2-3-11-32-23)34-30(37)28-17-21-16-22(31)7-10-27(21)39-28/h2-11,16-17,19,25H,12-15,18H2,1H3,(H,34,37). The number of halogens is 1. The Hall–Kier alpha value is -3.72. The third-order valence-corrected chi connectivity index (χ3v) is 8.37. The minimum Gasteiger partial charge on any atom is -0.378 e. The molecule has 5 aromatic rings. The molecule has 1 aliphatic heterocycles. The van der Waals surface area contributed by atoms with Gasteiger partial charge < -0.3 is 19.5 Å². The van der Waals surface area contributed by atoms with Gasteiger partial charge in [0.05, 0.1) is 36.0 Å². The van der Waals surface area contributed by atoms with Crippen molar-refractivity contribution in [2.24, 2.45) is 7.05 Å². The molecule has 39 heavy (non-hydrogen) atoms. The number of imidazole rings is 1. The number of fused-ring (bicyclic) bond motifs is 1. The fourth-order valence-corrected chi connectivity index (χ4v) is 6.10. The van der Waals surface area contributed by atoms with Crippen molar-refractivity contribution in [1.82, 2.24) is 19.9 Å². The lowest BCUT2D eigenvalue weighted by Gasteiger charge is -2.28. The minimum atomic E-state index is -0.368. The number of rotatable bonds is 7. The molecule has 0 saturated carbocycles. The molecule has 2 aromatic carbocycles. The van der Waals surface area contributed by atoms with E-state index in [1.54, 1.807) is 6.20 Å². The maximum atomic E-state index is 13.4. The molecule has 7 nitrogen and oxygen atoms in total. The number of nitrogens with zero attached hydrogens (tertiary/aromatic N) is 4. The minimum absolute atomic E-state index is 0.146. The summed E-state index contributed by atoms with van der Waals surface area (Å²) in [5, 5.41) is 4.84. The summed E-state index contributed by atoms with van der Waals surface area (Å²) in [6, 6.07) is 21.5.